The lowest BCUT2D eigenvalue weighted by atomic mass is 10.2. The molecule has 0 saturated carbocycles. The summed E-state index contributed by atoms with van der Waals surface area (Å²) in [6.45, 7) is 0. The van der Waals surface area contributed by atoms with Crippen molar-refractivity contribution in [3.8, 4) is 0 Å². The highest BCUT2D eigenvalue weighted by molar-refractivity contribution is 9.10. The van der Waals surface area contributed by atoms with Crippen LogP contribution in [0.2, 0.25) is 0 Å². The van der Waals surface area contributed by atoms with E-state index in [0.29, 0.717) is 0 Å². The Balaban J connectivity index is 2.22. The van der Waals surface area contributed by atoms with E-state index in [1.807, 2.05) is 24.3 Å². The van der Waals surface area contributed by atoms with Crippen molar-refractivity contribution in [2.24, 2.45) is 4.99 Å². The van der Waals surface area contributed by atoms with E-state index in [9.17, 15) is 0 Å². The number of hydrogen-bond donors (Lipinski definition) is 1. The Morgan fingerprint density at radius 2 is 2.33 bits per heavy atom. The van der Waals surface area contributed by atoms with Gasteiger partial charge in [0.1, 0.15) is 0 Å². The van der Waals surface area contributed by atoms with Crippen LogP contribution in [-0.2, 0) is 0 Å². The molecule has 0 atom stereocenters. The van der Waals surface area contributed by atoms with Crippen LogP contribution in [0, 0.1) is 0 Å². The van der Waals surface area contributed by atoms with Crippen LogP contribution in [-0.4, -0.2) is 26.5 Å². The molecule has 0 radical (unpaired) electrons. The Labute approximate surface area is 93.9 Å². The normalized spacial score (nSPS) is 11.0. The molecule has 0 unspecified atom stereocenters. The van der Waals surface area contributed by atoms with Crippen molar-refractivity contribution in [1.29, 1.82) is 0 Å². The average Bonchev–Trinajstić information content (AvgIpc) is 2.61. The van der Waals surface area contributed by atoms with Gasteiger partial charge in [0.25, 0.3) is 5.95 Å². The van der Waals surface area contributed by atoms with Gasteiger partial charge in [-0.05, 0) is 28.1 Å². The van der Waals surface area contributed by atoms with E-state index in [1.54, 1.807) is 6.21 Å². The van der Waals surface area contributed by atoms with Gasteiger partial charge in [0.15, 0.2) is 0 Å². The first-order valence-electron chi connectivity index (χ1n) is 4.09. The quantitative estimate of drug-likeness (QED) is 0.647. The standard InChI is InChI=1S/C8H7BrN6/c9-7-3-1-2-6(4-7)5-11-8-12-13-14-15(8)10/h1-5H,10H2. The lowest BCUT2D eigenvalue weighted by Gasteiger charge is -1.93. The zero-order chi connectivity index (χ0) is 10.7. The van der Waals surface area contributed by atoms with Crippen LogP contribution in [0.5, 0.6) is 0 Å². The van der Waals surface area contributed by atoms with Crippen molar-refractivity contribution in [3.05, 3.63) is 34.3 Å². The molecule has 6 nitrogen and oxygen atoms in total. The molecule has 15 heavy (non-hydrogen) atoms. The van der Waals surface area contributed by atoms with Crippen LogP contribution < -0.4 is 5.84 Å². The van der Waals surface area contributed by atoms with E-state index >= 15 is 0 Å². The van der Waals surface area contributed by atoms with Gasteiger partial charge in [-0.15, -0.1) is 4.79 Å². The van der Waals surface area contributed by atoms with Gasteiger partial charge in [0, 0.05) is 10.7 Å². The molecule has 2 aromatic rings. The lowest BCUT2D eigenvalue weighted by Crippen LogP contribution is -2.09. The Morgan fingerprint density at radius 3 is 3.00 bits per heavy atom. The third-order valence-electron chi connectivity index (χ3n) is 1.65. The maximum atomic E-state index is 5.39. The highest BCUT2D eigenvalue weighted by Crippen LogP contribution is 2.10. The summed E-state index contributed by atoms with van der Waals surface area (Å²) < 4.78 is 0.985. The van der Waals surface area contributed by atoms with Gasteiger partial charge in [0.05, 0.1) is 0 Å². The summed E-state index contributed by atoms with van der Waals surface area (Å²) >= 11 is 3.36. The summed E-state index contributed by atoms with van der Waals surface area (Å²) in [6, 6.07) is 7.69. The summed E-state index contributed by atoms with van der Waals surface area (Å²) in [6.07, 6.45) is 1.64. The van der Waals surface area contributed by atoms with Crippen LogP contribution in [0.25, 0.3) is 0 Å². The molecule has 1 heterocycles. The highest BCUT2D eigenvalue weighted by Gasteiger charge is 1.97. The third kappa shape index (κ3) is 2.38. The minimum Gasteiger partial charge on any atom is -0.318 e. The zero-order valence-electron chi connectivity index (χ0n) is 7.58. The summed E-state index contributed by atoms with van der Waals surface area (Å²) in [5.74, 6) is 5.65. The van der Waals surface area contributed by atoms with Crippen LogP contribution in [0.3, 0.4) is 0 Å². The van der Waals surface area contributed by atoms with Crippen molar-refractivity contribution in [1.82, 2.24) is 20.3 Å². The number of rotatable bonds is 2. The van der Waals surface area contributed by atoms with Crippen LogP contribution >= 0.6 is 15.9 Å². The SMILES string of the molecule is Nn1nnnc1N=Cc1cccc(Br)c1. The fourth-order valence-electron chi connectivity index (χ4n) is 0.993. The van der Waals surface area contributed by atoms with E-state index in [2.05, 4.69) is 36.4 Å². The molecule has 0 bridgehead atoms. The molecule has 1 aromatic heterocycles. The minimum atomic E-state index is 0.259. The maximum Gasteiger partial charge on any atom is 0.288 e. The van der Waals surface area contributed by atoms with Gasteiger partial charge in [-0.2, -0.15) is 0 Å². The summed E-state index contributed by atoms with van der Waals surface area (Å²) in [5.41, 5.74) is 0.937. The van der Waals surface area contributed by atoms with Crippen LogP contribution in [0.15, 0.2) is 33.7 Å². The van der Waals surface area contributed by atoms with Crippen molar-refractivity contribution < 1.29 is 0 Å². The number of tetrazole rings is 1. The van der Waals surface area contributed by atoms with E-state index in [0.717, 1.165) is 14.8 Å². The predicted octanol–water partition coefficient (Wildman–Crippen LogP) is 0.900. The first kappa shape index (κ1) is 9.78. The summed E-state index contributed by atoms with van der Waals surface area (Å²) in [7, 11) is 0. The van der Waals surface area contributed by atoms with E-state index < -0.39 is 0 Å². The number of halogens is 1. The first-order valence-corrected chi connectivity index (χ1v) is 4.88. The number of nitrogen functional groups attached to an aromatic ring is 1. The highest BCUT2D eigenvalue weighted by atomic mass is 79.9. The van der Waals surface area contributed by atoms with Gasteiger partial charge in [-0.1, -0.05) is 33.2 Å². The Hall–Kier alpha value is -1.76. The molecule has 2 N–H and O–H groups in total. The van der Waals surface area contributed by atoms with Gasteiger partial charge >= 0.3 is 0 Å². The van der Waals surface area contributed by atoms with Gasteiger partial charge in [-0.25, -0.2) is 4.99 Å². The number of nitrogens with two attached hydrogens (primary N) is 1. The summed E-state index contributed by atoms with van der Waals surface area (Å²) in [5, 5.41) is 10.4. The molecule has 0 aliphatic heterocycles. The second-order valence-corrected chi connectivity index (χ2v) is 3.65. The number of aromatic nitrogens is 4. The van der Waals surface area contributed by atoms with Gasteiger partial charge in [0.2, 0.25) is 0 Å². The van der Waals surface area contributed by atoms with Gasteiger partial charge < -0.3 is 5.84 Å². The molecule has 0 aliphatic rings. The largest absolute Gasteiger partial charge is 0.318 e. The first-order chi connectivity index (χ1) is 7.25. The van der Waals surface area contributed by atoms with Crippen LogP contribution in [0.4, 0.5) is 5.95 Å². The second kappa shape index (κ2) is 4.18. The van der Waals surface area contributed by atoms with Crippen molar-refractivity contribution in [2.45, 2.75) is 0 Å². The molecule has 76 valence electrons. The fourth-order valence-corrected chi connectivity index (χ4v) is 1.41. The Morgan fingerprint density at radius 1 is 1.47 bits per heavy atom. The number of nitrogens with zero attached hydrogens (tertiary/aromatic N) is 5. The molecule has 0 aliphatic carbocycles. The Kier molecular flexibility index (Phi) is 2.72. The molecule has 0 amide bonds. The van der Waals surface area contributed by atoms with E-state index in [4.69, 9.17) is 5.84 Å². The molecule has 2 rings (SSSR count). The molecular formula is C8H7BrN6. The molecular weight excluding hydrogens is 260 g/mol. The van der Waals surface area contributed by atoms with Crippen molar-refractivity contribution >= 4 is 28.1 Å². The Bertz CT molecular complexity index is 491. The molecule has 0 fully saturated rings. The van der Waals surface area contributed by atoms with Crippen molar-refractivity contribution in [3.63, 3.8) is 0 Å². The number of benzene rings is 1. The van der Waals surface area contributed by atoms with E-state index in [1.165, 1.54) is 0 Å². The molecule has 1 aromatic carbocycles. The molecule has 0 spiro atoms. The van der Waals surface area contributed by atoms with Gasteiger partial charge in [-0.3, -0.25) is 0 Å². The zero-order valence-corrected chi connectivity index (χ0v) is 9.16. The lowest BCUT2D eigenvalue weighted by molar-refractivity contribution is 0.758. The smallest absolute Gasteiger partial charge is 0.288 e. The fraction of sp³-hybridized carbons (Fsp3) is 0. The predicted molar refractivity (Wildman–Crippen MR) is 59.4 cm³/mol. The molecule has 0 saturated heterocycles. The maximum absolute atomic E-state index is 5.39. The third-order valence-corrected chi connectivity index (χ3v) is 2.15. The average molecular weight is 267 g/mol. The van der Waals surface area contributed by atoms with E-state index in [-0.39, 0.29) is 5.95 Å². The molecule has 7 heteroatoms. The van der Waals surface area contributed by atoms with Crippen molar-refractivity contribution in [2.75, 3.05) is 5.84 Å². The number of aliphatic imine (C=N–C) groups is 1. The summed E-state index contributed by atoms with van der Waals surface area (Å²) in [4.78, 5) is 5.04. The topological polar surface area (TPSA) is 82.0 Å². The monoisotopic (exact) mass is 266 g/mol. The number of hydrogen-bond acceptors (Lipinski definition) is 5. The minimum absolute atomic E-state index is 0.259. The van der Waals surface area contributed by atoms with Crippen LogP contribution in [0.1, 0.15) is 5.56 Å². The second-order valence-electron chi connectivity index (χ2n) is 2.74.